The first-order valence-corrected chi connectivity index (χ1v) is 6.62. The van der Waals surface area contributed by atoms with Crippen LogP contribution in [-0.2, 0) is 0 Å². The van der Waals surface area contributed by atoms with Crippen LogP contribution in [0.2, 0.25) is 0 Å². The minimum Gasteiger partial charge on any atom is -0.504 e. The van der Waals surface area contributed by atoms with E-state index >= 15 is 0 Å². The zero-order valence-electron chi connectivity index (χ0n) is 13.0. The topological polar surface area (TPSA) is 121 Å². The third kappa shape index (κ3) is 3.65. The zero-order valence-corrected chi connectivity index (χ0v) is 13.0. The van der Waals surface area contributed by atoms with E-state index in [9.17, 15) is 10.4 Å². The fourth-order valence-corrected chi connectivity index (χ4v) is 1.81. The Morgan fingerprint density at radius 3 is 2.65 bits per heavy atom. The van der Waals surface area contributed by atoms with Crippen molar-refractivity contribution in [3.05, 3.63) is 29.6 Å². The molecule has 8 heteroatoms. The molecule has 0 spiro atoms. The van der Waals surface area contributed by atoms with Crippen LogP contribution in [0.15, 0.2) is 18.2 Å². The standard InChI is InChI=1S/C15H16N6O2/c1-21(2)15-19-13(18-14(17)20-15)10(8-16)6-9-4-5-12(23-3)11(22)7-9/h4-7,22H,1-3H3,(H2,17,18,19,20)/b10-6+. The Bertz CT molecular complexity index is 795. The number of nitrogen functional groups attached to an aromatic ring is 1. The van der Waals surface area contributed by atoms with Crippen molar-refractivity contribution >= 4 is 23.5 Å². The molecule has 1 aromatic carbocycles. The molecule has 0 aliphatic carbocycles. The van der Waals surface area contributed by atoms with Crippen LogP contribution in [0.5, 0.6) is 11.5 Å². The van der Waals surface area contributed by atoms with E-state index in [2.05, 4.69) is 15.0 Å². The van der Waals surface area contributed by atoms with Gasteiger partial charge in [0.05, 0.1) is 12.7 Å². The Kier molecular flexibility index (Phi) is 4.61. The van der Waals surface area contributed by atoms with Gasteiger partial charge in [0.2, 0.25) is 11.9 Å². The summed E-state index contributed by atoms with van der Waals surface area (Å²) in [5.41, 5.74) is 6.47. The average molecular weight is 312 g/mol. The van der Waals surface area contributed by atoms with E-state index in [4.69, 9.17) is 10.5 Å². The number of aromatic nitrogens is 3. The quantitative estimate of drug-likeness (QED) is 0.810. The number of nitriles is 1. The molecule has 3 N–H and O–H groups in total. The summed E-state index contributed by atoms with van der Waals surface area (Å²) in [5.74, 6) is 0.866. The summed E-state index contributed by atoms with van der Waals surface area (Å²) in [7, 11) is 4.98. The largest absolute Gasteiger partial charge is 0.504 e. The van der Waals surface area contributed by atoms with Crippen molar-refractivity contribution in [1.29, 1.82) is 5.26 Å². The van der Waals surface area contributed by atoms with Gasteiger partial charge in [0.25, 0.3) is 0 Å². The second-order valence-corrected chi connectivity index (χ2v) is 4.81. The molecule has 0 aliphatic rings. The number of allylic oxidation sites excluding steroid dienone is 1. The number of ether oxygens (including phenoxy) is 1. The number of nitrogens with zero attached hydrogens (tertiary/aromatic N) is 5. The highest BCUT2D eigenvalue weighted by atomic mass is 16.5. The number of nitrogens with two attached hydrogens (primary N) is 1. The van der Waals surface area contributed by atoms with Crippen LogP contribution in [-0.4, -0.2) is 41.3 Å². The lowest BCUT2D eigenvalue weighted by Crippen LogP contribution is -2.15. The number of methoxy groups -OCH3 is 1. The summed E-state index contributed by atoms with van der Waals surface area (Å²) < 4.78 is 4.98. The van der Waals surface area contributed by atoms with Crippen molar-refractivity contribution in [1.82, 2.24) is 15.0 Å². The molecule has 0 saturated carbocycles. The summed E-state index contributed by atoms with van der Waals surface area (Å²) in [6.07, 6.45) is 1.55. The second kappa shape index (κ2) is 6.62. The molecule has 0 aliphatic heterocycles. The van der Waals surface area contributed by atoms with E-state index in [1.54, 1.807) is 37.2 Å². The molecule has 0 amide bonds. The minimum absolute atomic E-state index is 0.0253. The Morgan fingerprint density at radius 2 is 2.09 bits per heavy atom. The van der Waals surface area contributed by atoms with E-state index in [0.717, 1.165) is 0 Å². The average Bonchev–Trinajstić information content (AvgIpc) is 2.52. The summed E-state index contributed by atoms with van der Waals surface area (Å²) >= 11 is 0. The Balaban J connectivity index is 2.48. The fourth-order valence-electron chi connectivity index (χ4n) is 1.81. The lowest BCUT2D eigenvalue weighted by Gasteiger charge is -2.11. The molecule has 2 aromatic rings. The highest BCUT2D eigenvalue weighted by Crippen LogP contribution is 2.28. The van der Waals surface area contributed by atoms with Crippen LogP contribution in [0.4, 0.5) is 11.9 Å². The second-order valence-electron chi connectivity index (χ2n) is 4.81. The molecule has 0 fully saturated rings. The predicted octanol–water partition coefficient (Wildman–Crippen LogP) is 1.30. The van der Waals surface area contributed by atoms with Gasteiger partial charge in [-0.25, -0.2) is 0 Å². The molecule has 0 bridgehead atoms. The number of phenolic OH excluding ortho intramolecular Hbond substituents is 1. The van der Waals surface area contributed by atoms with E-state index < -0.39 is 0 Å². The molecule has 118 valence electrons. The minimum atomic E-state index is -0.0253. The van der Waals surface area contributed by atoms with Crippen LogP contribution in [0.3, 0.4) is 0 Å². The molecule has 8 nitrogen and oxygen atoms in total. The van der Waals surface area contributed by atoms with Crippen LogP contribution in [0.25, 0.3) is 11.6 Å². The first kappa shape index (κ1) is 16.0. The monoisotopic (exact) mass is 312 g/mol. The fraction of sp³-hybridized carbons (Fsp3) is 0.200. The van der Waals surface area contributed by atoms with Gasteiger partial charge in [0.15, 0.2) is 17.3 Å². The number of aromatic hydroxyl groups is 1. The van der Waals surface area contributed by atoms with Gasteiger partial charge in [-0.05, 0) is 23.8 Å². The Hall–Kier alpha value is -3.34. The van der Waals surface area contributed by atoms with E-state index in [1.807, 2.05) is 6.07 Å². The maximum absolute atomic E-state index is 9.80. The molecule has 0 saturated heterocycles. The van der Waals surface area contributed by atoms with Gasteiger partial charge in [-0.2, -0.15) is 20.2 Å². The third-order valence-corrected chi connectivity index (χ3v) is 2.92. The van der Waals surface area contributed by atoms with Gasteiger partial charge in [0.1, 0.15) is 6.07 Å². The lowest BCUT2D eigenvalue weighted by atomic mass is 10.1. The van der Waals surface area contributed by atoms with Crippen molar-refractivity contribution in [3.8, 4) is 17.6 Å². The molecular formula is C15H16N6O2. The van der Waals surface area contributed by atoms with Crippen molar-refractivity contribution in [2.24, 2.45) is 0 Å². The smallest absolute Gasteiger partial charge is 0.230 e. The number of anilines is 2. The lowest BCUT2D eigenvalue weighted by molar-refractivity contribution is 0.373. The van der Waals surface area contributed by atoms with Gasteiger partial charge < -0.3 is 20.5 Å². The molecule has 0 radical (unpaired) electrons. The zero-order chi connectivity index (χ0) is 17.0. The number of benzene rings is 1. The summed E-state index contributed by atoms with van der Waals surface area (Å²) in [5, 5.41) is 19.2. The Labute approximate surface area is 133 Å². The van der Waals surface area contributed by atoms with E-state index in [0.29, 0.717) is 17.3 Å². The van der Waals surface area contributed by atoms with Crippen LogP contribution < -0.4 is 15.4 Å². The first-order valence-electron chi connectivity index (χ1n) is 6.62. The highest BCUT2D eigenvalue weighted by molar-refractivity contribution is 5.87. The van der Waals surface area contributed by atoms with E-state index in [1.165, 1.54) is 13.2 Å². The summed E-state index contributed by atoms with van der Waals surface area (Å²) in [6.45, 7) is 0. The predicted molar refractivity (Wildman–Crippen MR) is 86.7 cm³/mol. The van der Waals surface area contributed by atoms with Crippen LogP contribution in [0.1, 0.15) is 11.4 Å². The number of hydrogen-bond acceptors (Lipinski definition) is 8. The van der Waals surface area contributed by atoms with Gasteiger partial charge in [0, 0.05) is 14.1 Å². The molecule has 1 heterocycles. The van der Waals surface area contributed by atoms with Crippen LogP contribution >= 0.6 is 0 Å². The Morgan fingerprint density at radius 1 is 1.35 bits per heavy atom. The first-order chi connectivity index (χ1) is 10.9. The maximum atomic E-state index is 9.80. The number of phenols is 1. The highest BCUT2D eigenvalue weighted by Gasteiger charge is 2.11. The van der Waals surface area contributed by atoms with Gasteiger partial charge >= 0.3 is 0 Å². The van der Waals surface area contributed by atoms with Gasteiger partial charge in [-0.15, -0.1) is 0 Å². The SMILES string of the molecule is COc1ccc(/C=C(\C#N)c2nc(N)nc(N(C)C)n2)cc1O. The normalized spacial score (nSPS) is 11.0. The molecule has 1 aromatic heterocycles. The summed E-state index contributed by atoms with van der Waals surface area (Å²) in [4.78, 5) is 13.8. The number of rotatable bonds is 4. The van der Waals surface area contributed by atoms with E-state index in [-0.39, 0.29) is 23.1 Å². The van der Waals surface area contributed by atoms with Crippen molar-refractivity contribution in [2.45, 2.75) is 0 Å². The maximum Gasteiger partial charge on any atom is 0.230 e. The molecule has 0 unspecified atom stereocenters. The summed E-state index contributed by atoms with van der Waals surface area (Å²) in [6, 6.07) is 6.81. The molecule has 2 rings (SSSR count). The molecular weight excluding hydrogens is 296 g/mol. The van der Waals surface area contributed by atoms with Gasteiger partial charge in [-0.1, -0.05) is 6.07 Å². The molecule has 0 atom stereocenters. The van der Waals surface area contributed by atoms with Crippen molar-refractivity contribution in [3.63, 3.8) is 0 Å². The van der Waals surface area contributed by atoms with Crippen LogP contribution in [0, 0.1) is 11.3 Å². The van der Waals surface area contributed by atoms with Crippen molar-refractivity contribution in [2.75, 3.05) is 31.8 Å². The van der Waals surface area contributed by atoms with Gasteiger partial charge in [-0.3, -0.25) is 0 Å². The molecule has 23 heavy (non-hydrogen) atoms. The van der Waals surface area contributed by atoms with Crippen molar-refractivity contribution < 1.29 is 9.84 Å². The third-order valence-electron chi connectivity index (χ3n) is 2.92. The number of hydrogen-bond donors (Lipinski definition) is 2.